The smallest absolute Gasteiger partial charge is 0.348 e. The minimum Gasteiger partial charge on any atom is -0.466 e. The number of hydrogen-bond donors (Lipinski definition) is 0. The molecule has 126 valence electrons. The highest BCUT2D eigenvalue weighted by Crippen LogP contribution is 2.08. The Morgan fingerprint density at radius 1 is 0.957 bits per heavy atom. The molecule has 0 amide bonds. The van der Waals surface area contributed by atoms with E-state index in [0.29, 0.717) is 6.42 Å². The number of carbonyl (C=O) groups excluding carboxylic acids is 3. The van der Waals surface area contributed by atoms with Crippen LogP contribution in [-0.2, 0) is 35.0 Å². The van der Waals surface area contributed by atoms with Gasteiger partial charge in [0.1, 0.15) is 0 Å². The van der Waals surface area contributed by atoms with Crippen molar-refractivity contribution < 1.29 is 28.6 Å². The van der Waals surface area contributed by atoms with Crippen LogP contribution in [0, 0.1) is 0 Å². The zero-order valence-electron chi connectivity index (χ0n) is 13.4. The predicted molar refractivity (Wildman–Crippen MR) is 82.5 cm³/mol. The molecule has 0 spiro atoms. The van der Waals surface area contributed by atoms with Crippen LogP contribution < -0.4 is 0 Å². The van der Waals surface area contributed by atoms with Gasteiger partial charge in [-0.15, -0.1) is 0 Å². The molecule has 23 heavy (non-hydrogen) atoms. The summed E-state index contributed by atoms with van der Waals surface area (Å²) in [5, 5.41) is 0. The van der Waals surface area contributed by atoms with Crippen LogP contribution in [0.25, 0.3) is 0 Å². The van der Waals surface area contributed by atoms with Crippen molar-refractivity contribution >= 4 is 17.9 Å². The Hall–Kier alpha value is -2.37. The van der Waals surface area contributed by atoms with Gasteiger partial charge in [0.05, 0.1) is 19.6 Å². The van der Waals surface area contributed by atoms with Gasteiger partial charge in [-0.3, -0.25) is 9.59 Å². The molecule has 0 aliphatic rings. The molecule has 0 fully saturated rings. The van der Waals surface area contributed by atoms with Crippen LogP contribution in [0.5, 0.6) is 0 Å². The SMILES string of the molecule is CCOC(=O)C[C@H](OC(=O)CCc1ccccc1)C(=O)OCC. The summed E-state index contributed by atoms with van der Waals surface area (Å²) in [6, 6.07) is 9.44. The maximum absolute atomic E-state index is 11.9. The van der Waals surface area contributed by atoms with Crippen molar-refractivity contribution in [2.45, 2.75) is 39.2 Å². The van der Waals surface area contributed by atoms with Crippen molar-refractivity contribution in [2.24, 2.45) is 0 Å². The van der Waals surface area contributed by atoms with Crippen molar-refractivity contribution in [3.63, 3.8) is 0 Å². The minimum absolute atomic E-state index is 0.114. The third-order valence-electron chi connectivity index (χ3n) is 2.94. The normalized spacial score (nSPS) is 11.4. The number of esters is 3. The summed E-state index contributed by atoms with van der Waals surface area (Å²) in [4.78, 5) is 35.2. The first kappa shape index (κ1) is 18.7. The van der Waals surface area contributed by atoms with E-state index < -0.39 is 24.0 Å². The average molecular weight is 322 g/mol. The fourth-order valence-corrected chi connectivity index (χ4v) is 1.89. The van der Waals surface area contributed by atoms with Crippen LogP contribution in [0.4, 0.5) is 0 Å². The fraction of sp³-hybridized carbons (Fsp3) is 0.471. The van der Waals surface area contributed by atoms with Crippen molar-refractivity contribution in [1.29, 1.82) is 0 Å². The summed E-state index contributed by atoms with van der Waals surface area (Å²) in [7, 11) is 0. The Morgan fingerprint density at radius 2 is 1.61 bits per heavy atom. The summed E-state index contributed by atoms with van der Waals surface area (Å²) in [5.74, 6) is -1.91. The van der Waals surface area contributed by atoms with Gasteiger partial charge in [-0.05, 0) is 25.8 Å². The average Bonchev–Trinajstić information content (AvgIpc) is 2.54. The predicted octanol–water partition coefficient (Wildman–Crippen LogP) is 2.05. The van der Waals surface area contributed by atoms with E-state index in [2.05, 4.69) is 0 Å². The first-order valence-corrected chi connectivity index (χ1v) is 7.62. The molecule has 0 aromatic heterocycles. The molecule has 0 N–H and O–H groups in total. The third-order valence-corrected chi connectivity index (χ3v) is 2.94. The lowest BCUT2D eigenvalue weighted by atomic mass is 10.1. The maximum atomic E-state index is 11.9. The van der Waals surface area contributed by atoms with Crippen molar-refractivity contribution in [3.05, 3.63) is 35.9 Å². The highest BCUT2D eigenvalue weighted by molar-refractivity contribution is 5.84. The van der Waals surface area contributed by atoms with E-state index in [4.69, 9.17) is 14.2 Å². The van der Waals surface area contributed by atoms with Crippen molar-refractivity contribution in [3.8, 4) is 0 Å². The molecule has 0 saturated carbocycles. The summed E-state index contributed by atoms with van der Waals surface area (Å²) in [6.07, 6.45) is -1.00. The van der Waals surface area contributed by atoms with E-state index in [1.54, 1.807) is 13.8 Å². The third kappa shape index (κ3) is 7.44. The number of hydrogen-bond acceptors (Lipinski definition) is 6. The largest absolute Gasteiger partial charge is 0.466 e. The van der Waals surface area contributed by atoms with Gasteiger partial charge in [0.2, 0.25) is 6.10 Å². The van der Waals surface area contributed by atoms with Gasteiger partial charge in [0.25, 0.3) is 0 Å². The van der Waals surface area contributed by atoms with Gasteiger partial charge in [0.15, 0.2) is 0 Å². The van der Waals surface area contributed by atoms with E-state index in [1.807, 2.05) is 30.3 Å². The standard InChI is InChI=1S/C17H22O6/c1-3-21-16(19)12-14(17(20)22-4-2)23-15(18)11-10-13-8-6-5-7-9-13/h5-9,14H,3-4,10-12H2,1-2H3/t14-/m0/s1. The van der Waals surface area contributed by atoms with E-state index in [9.17, 15) is 14.4 Å². The molecular weight excluding hydrogens is 300 g/mol. The second kappa shape index (κ2) is 10.4. The summed E-state index contributed by atoms with van der Waals surface area (Å²) in [5.41, 5.74) is 0.988. The Morgan fingerprint density at radius 3 is 2.22 bits per heavy atom. The second-order valence-electron chi connectivity index (χ2n) is 4.73. The van der Waals surface area contributed by atoms with Crippen LogP contribution in [0.1, 0.15) is 32.3 Å². The van der Waals surface area contributed by atoms with E-state index >= 15 is 0 Å². The van der Waals surface area contributed by atoms with Gasteiger partial charge in [0, 0.05) is 6.42 Å². The first-order valence-electron chi connectivity index (χ1n) is 7.62. The second-order valence-corrected chi connectivity index (χ2v) is 4.73. The summed E-state index contributed by atoms with van der Waals surface area (Å²) >= 11 is 0. The monoisotopic (exact) mass is 322 g/mol. The van der Waals surface area contributed by atoms with Crippen LogP contribution in [0.15, 0.2) is 30.3 Å². The fourth-order valence-electron chi connectivity index (χ4n) is 1.89. The first-order chi connectivity index (χ1) is 11.1. The number of carbonyl (C=O) groups is 3. The van der Waals surface area contributed by atoms with Crippen LogP contribution in [0.3, 0.4) is 0 Å². The highest BCUT2D eigenvalue weighted by Gasteiger charge is 2.27. The molecular formula is C17H22O6. The lowest BCUT2D eigenvalue weighted by Crippen LogP contribution is -2.32. The van der Waals surface area contributed by atoms with Crippen LogP contribution in [0.2, 0.25) is 0 Å². The van der Waals surface area contributed by atoms with Gasteiger partial charge in [-0.2, -0.15) is 0 Å². The molecule has 0 aliphatic heterocycles. The lowest BCUT2D eigenvalue weighted by molar-refractivity contribution is -0.171. The van der Waals surface area contributed by atoms with Crippen molar-refractivity contribution in [2.75, 3.05) is 13.2 Å². The molecule has 1 aromatic carbocycles. The van der Waals surface area contributed by atoms with Crippen molar-refractivity contribution in [1.82, 2.24) is 0 Å². The van der Waals surface area contributed by atoms with Gasteiger partial charge < -0.3 is 14.2 Å². The summed E-state index contributed by atoms with van der Waals surface area (Å²) in [6.45, 7) is 3.62. The molecule has 1 aromatic rings. The zero-order valence-corrected chi connectivity index (χ0v) is 13.4. The molecule has 0 bridgehead atoms. The Balaban J connectivity index is 2.55. The number of benzene rings is 1. The zero-order chi connectivity index (χ0) is 17.1. The van der Waals surface area contributed by atoms with Gasteiger partial charge in [-0.1, -0.05) is 30.3 Å². The lowest BCUT2D eigenvalue weighted by Gasteiger charge is -2.15. The maximum Gasteiger partial charge on any atom is 0.348 e. The van der Waals surface area contributed by atoms with E-state index in [1.165, 1.54) is 0 Å². The molecule has 0 unspecified atom stereocenters. The molecule has 0 aliphatic carbocycles. The number of ether oxygens (including phenoxy) is 3. The van der Waals surface area contributed by atoms with Gasteiger partial charge >= 0.3 is 17.9 Å². The van der Waals surface area contributed by atoms with Gasteiger partial charge in [-0.25, -0.2) is 4.79 Å². The Labute approximate surface area is 135 Å². The van der Waals surface area contributed by atoms with Crippen LogP contribution >= 0.6 is 0 Å². The Bertz CT molecular complexity index is 511. The molecule has 1 rings (SSSR count). The number of aryl methyl sites for hydroxylation is 1. The van der Waals surface area contributed by atoms with E-state index in [-0.39, 0.29) is 26.1 Å². The quantitative estimate of drug-likeness (QED) is 0.511. The molecule has 1 atom stereocenters. The molecule has 0 radical (unpaired) electrons. The molecule has 6 heteroatoms. The topological polar surface area (TPSA) is 78.9 Å². The number of rotatable bonds is 9. The van der Waals surface area contributed by atoms with Crippen LogP contribution in [-0.4, -0.2) is 37.2 Å². The molecule has 0 saturated heterocycles. The Kier molecular flexibility index (Phi) is 8.42. The molecule has 0 heterocycles. The summed E-state index contributed by atoms with van der Waals surface area (Å²) < 4.78 is 14.7. The van der Waals surface area contributed by atoms with E-state index in [0.717, 1.165) is 5.56 Å². The molecule has 6 nitrogen and oxygen atoms in total. The minimum atomic E-state index is -1.27. The highest BCUT2D eigenvalue weighted by atomic mass is 16.6.